The van der Waals surface area contributed by atoms with Crippen LogP contribution in [-0.4, -0.2) is 12.0 Å². The fraction of sp³-hybridized carbons (Fsp3) is 0.429. The number of nitriles is 1. The third-order valence-corrected chi connectivity index (χ3v) is 6.08. The number of rotatable bonds is 4. The van der Waals surface area contributed by atoms with Crippen molar-refractivity contribution in [2.24, 2.45) is 0 Å². The second-order valence-electron chi connectivity index (χ2n) is 1.99. The fourth-order valence-electron chi connectivity index (χ4n) is 0.658. The molecule has 0 aliphatic carbocycles. The minimum Gasteiger partial charge on any atom is -0.265 e. The highest BCUT2D eigenvalue weighted by Gasteiger charge is 2.07. The SMILES string of the molecule is CSc1sc(=O)sc1SCCC#N. The van der Waals surface area contributed by atoms with Gasteiger partial charge >= 0.3 is 0 Å². The van der Waals surface area contributed by atoms with Crippen molar-refractivity contribution in [1.82, 2.24) is 0 Å². The van der Waals surface area contributed by atoms with Gasteiger partial charge in [-0.15, -0.1) is 23.5 Å². The lowest BCUT2D eigenvalue weighted by atomic mass is 10.6. The van der Waals surface area contributed by atoms with E-state index >= 15 is 0 Å². The van der Waals surface area contributed by atoms with Crippen LogP contribution in [0.4, 0.5) is 0 Å². The van der Waals surface area contributed by atoms with E-state index in [1.807, 2.05) is 6.26 Å². The molecule has 0 amide bonds. The Labute approximate surface area is 93.0 Å². The first-order chi connectivity index (χ1) is 6.27. The Kier molecular flexibility index (Phi) is 4.88. The smallest absolute Gasteiger partial charge is 0.265 e. The molecule has 13 heavy (non-hydrogen) atoms. The summed E-state index contributed by atoms with van der Waals surface area (Å²) in [5, 5.41) is 8.35. The van der Waals surface area contributed by atoms with Gasteiger partial charge in [0.25, 0.3) is 4.06 Å². The largest absolute Gasteiger partial charge is 0.289 e. The van der Waals surface area contributed by atoms with Crippen LogP contribution in [0.15, 0.2) is 13.2 Å². The standard InChI is InChI=1S/C7H7NOS4/c1-10-5-6(11-4-2-3-8)13-7(9)12-5/h2,4H2,1H3. The van der Waals surface area contributed by atoms with Crippen molar-refractivity contribution in [3.8, 4) is 6.07 Å². The van der Waals surface area contributed by atoms with Gasteiger partial charge in [-0.2, -0.15) is 5.26 Å². The highest BCUT2D eigenvalue weighted by molar-refractivity contribution is 8.04. The molecular weight excluding hydrogens is 242 g/mol. The van der Waals surface area contributed by atoms with Crippen molar-refractivity contribution in [2.75, 3.05) is 12.0 Å². The number of hydrogen-bond acceptors (Lipinski definition) is 6. The van der Waals surface area contributed by atoms with E-state index in [0.29, 0.717) is 6.42 Å². The van der Waals surface area contributed by atoms with Crippen LogP contribution in [0.5, 0.6) is 0 Å². The molecule has 1 aromatic heterocycles. The van der Waals surface area contributed by atoms with Gasteiger partial charge in [-0.3, -0.25) is 4.79 Å². The van der Waals surface area contributed by atoms with Crippen LogP contribution in [0.1, 0.15) is 6.42 Å². The average molecular weight is 249 g/mol. The van der Waals surface area contributed by atoms with E-state index in [1.54, 1.807) is 23.5 Å². The first-order valence-corrected chi connectivity index (χ1v) is 7.30. The first-order valence-electron chi connectivity index (χ1n) is 3.45. The third-order valence-electron chi connectivity index (χ3n) is 1.15. The summed E-state index contributed by atoms with van der Waals surface area (Å²) < 4.78 is 2.29. The lowest BCUT2D eigenvalue weighted by molar-refractivity contribution is 1.24. The summed E-state index contributed by atoms with van der Waals surface area (Å²) in [4.78, 5) is 11.0. The molecule has 1 aromatic rings. The molecule has 70 valence electrons. The molecule has 1 heterocycles. The lowest BCUT2D eigenvalue weighted by Crippen LogP contribution is -1.75. The molecule has 0 aromatic carbocycles. The Morgan fingerprint density at radius 1 is 1.46 bits per heavy atom. The molecule has 0 aliphatic heterocycles. The molecule has 0 spiro atoms. The van der Waals surface area contributed by atoms with Crippen LogP contribution >= 0.6 is 46.2 Å². The van der Waals surface area contributed by atoms with E-state index in [1.165, 1.54) is 22.7 Å². The van der Waals surface area contributed by atoms with Crippen LogP contribution < -0.4 is 4.06 Å². The van der Waals surface area contributed by atoms with Crippen LogP contribution in [0.25, 0.3) is 0 Å². The maximum atomic E-state index is 11.0. The van der Waals surface area contributed by atoms with E-state index in [-0.39, 0.29) is 4.06 Å². The predicted octanol–water partition coefficient (Wildman–Crippen LogP) is 2.90. The molecule has 0 N–H and O–H groups in total. The van der Waals surface area contributed by atoms with Gasteiger partial charge in [0.05, 0.1) is 14.5 Å². The zero-order valence-corrected chi connectivity index (χ0v) is 10.2. The van der Waals surface area contributed by atoms with Gasteiger partial charge in [0.1, 0.15) is 0 Å². The van der Waals surface area contributed by atoms with Crippen molar-refractivity contribution in [2.45, 2.75) is 14.8 Å². The maximum Gasteiger partial charge on any atom is 0.289 e. The van der Waals surface area contributed by atoms with E-state index in [9.17, 15) is 4.79 Å². The van der Waals surface area contributed by atoms with Crippen molar-refractivity contribution in [3.63, 3.8) is 0 Å². The summed E-state index contributed by atoms with van der Waals surface area (Å²) in [6, 6.07) is 2.08. The molecule has 0 aliphatic rings. The van der Waals surface area contributed by atoms with Gasteiger partial charge in [-0.05, 0) is 6.26 Å². The topological polar surface area (TPSA) is 40.9 Å². The highest BCUT2D eigenvalue weighted by atomic mass is 32.2. The second-order valence-corrected chi connectivity index (χ2v) is 6.65. The summed E-state index contributed by atoms with van der Waals surface area (Å²) in [5.41, 5.74) is 0. The van der Waals surface area contributed by atoms with Crippen LogP contribution in [0, 0.1) is 11.3 Å². The van der Waals surface area contributed by atoms with Crippen LogP contribution in [-0.2, 0) is 0 Å². The molecule has 0 fully saturated rings. The molecule has 2 nitrogen and oxygen atoms in total. The normalized spacial score (nSPS) is 9.85. The summed E-state index contributed by atoms with van der Waals surface area (Å²) in [6.45, 7) is 0. The maximum absolute atomic E-state index is 11.0. The quantitative estimate of drug-likeness (QED) is 0.608. The van der Waals surface area contributed by atoms with E-state index in [4.69, 9.17) is 5.26 Å². The van der Waals surface area contributed by atoms with Gasteiger partial charge in [0, 0.05) is 12.2 Å². The molecule has 0 bridgehead atoms. The number of hydrogen-bond donors (Lipinski definition) is 0. The van der Waals surface area contributed by atoms with Crippen molar-refractivity contribution < 1.29 is 0 Å². The first kappa shape index (κ1) is 11.1. The Balaban J connectivity index is 2.65. The minimum absolute atomic E-state index is 0.142. The molecule has 1 rings (SSSR count). The Morgan fingerprint density at radius 2 is 2.15 bits per heavy atom. The van der Waals surface area contributed by atoms with Gasteiger partial charge in [-0.25, -0.2) is 0 Å². The van der Waals surface area contributed by atoms with Crippen LogP contribution in [0.3, 0.4) is 0 Å². The zero-order chi connectivity index (χ0) is 9.68. The summed E-state index contributed by atoms with van der Waals surface area (Å²) >= 11 is 5.78. The molecular formula is C7H7NOS4. The Hall–Kier alpha value is 0.0400. The van der Waals surface area contributed by atoms with Gasteiger partial charge < -0.3 is 0 Å². The van der Waals surface area contributed by atoms with Gasteiger partial charge in [0.2, 0.25) is 0 Å². The summed E-state index contributed by atoms with van der Waals surface area (Å²) in [6.07, 6.45) is 2.50. The van der Waals surface area contributed by atoms with Crippen molar-refractivity contribution in [3.05, 3.63) is 8.85 Å². The highest BCUT2D eigenvalue weighted by Crippen LogP contribution is 2.35. The fourth-order valence-corrected chi connectivity index (χ4v) is 5.40. The average Bonchev–Trinajstić information content (AvgIpc) is 2.47. The minimum atomic E-state index is 0.142. The summed E-state index contributed by atoms with van der Waals surface area (Å²) in [7, 11) is 0. The molecule has 0 saturated carbocycles. The molecule has 0 radical (unpaired) electrons. The van der Waals surface area contributed by atoms with Gasteiger partial charge in [0.15, 0.2) is 0 Å². The van der Waals surface area contributed by atoms with E-state index in [2.05, 4.69) is 6.07 Å². The van der Waals surface area contributed by atoms with Gasteiger partial charge in [-0.1, -0.05) is 22.7 Å². The number of thioether (sulfide) groups is 2. The van der Waals surface area contributed by atoms with Crippen molar-refractivity contribution in [1.29, 1.82) is 5.26 Å². The van der Waals surface area contributed by atoms with E-state index in [0.717, 1.165) is 14.2 Å². The zero-order valence-electron chi connectivity index (χ0n) is 6.90. The molecule has 0 saturated heterocycles. The Morgan fingerprint density at radius 3 is 2.77 bits per heavy atom. The molecule has 6 heteroatoms. The molecule has 0 atom stereocenters. The van der Waals surface area contributed by atoms with Crippen LogP contribution in [0.2, 0.25) is 0 Å². The monoisotopic (exact) mass is 249 g/mol. The number of nitrogens with zero attached hydrogens (tertiary/aromatic N) is 1. The molecule has 0 unspecified atom stereocenters. The second kappa shape index (κ2) is 5.70. The lowest BCUT2D eigenvalue weighted by Gasteiger charge is -1.95. The third kappa shape index (κ3) is 3.35. The summed E-state index contributed by atoms with van der Waals surface area (Å²) in [5.74, 6) is 0.775. The van der Waals surface area contributed by atoms with E-state index < -0.39 is 0 Å². The van der Waals surface area contributed by atoms with Crippen molar-refractivity contribution >= 4 is 46.2 Å². The predicted molar refractivity (Wildman–Crippen MR) is 61.2 cm³/mol. The Bertz CT molecular complexity index is 361.